The molecule has 0 saturated carbocycles. The third-order valence-corrected chi connectivity index (χ3v) is 21.3. The SMILES string of the molecule is Cc1ncsc1-c1ccc([C@H](C)NC(=O)[C@@H]2C[C@@H](O)CN2C(=O)[C@@H](NC(=O)CCC(=O)NCCCN2CC[C@@]3(CCN(CCC(=O)NCCCNc4cc(N5CCC6(CC5)CN(c5cc(F)c(CN7CCC(C)(C)CC7)cc5F)CC(=O)N6)ncn4)C3)C2)C(C)(C)C)cc1. The van der Waals surface area contributed by atoms with Crippen LogP contribution in [0.5, 0.6) is 0 Å². The predicted molar refractivity (Wildman–Crippen MR) is 360 cm³/mol. The van der Waals surface area contributed by atoms with Crippen molar-refractivity contribution in [1.29, 1.82) is 0 Å². The van der Waals surface area contributed by atoms with Crippen LogP contribution < -0.4 is 41.7 Å². The van der Waals surface area contributed by atoms with Gasteiger partial charge in [-0.25, -0.2) is 23.7 Å². The van der Waals surface area contributed by atoms with Gasteiger partial charge >= 0.3 is 0 Å². The number of carbonyl (C=O) groups is 6. The van der Waals surface area contributed by atoms with Crippen LogP contribution in [0.15, 0.2) is 54.3 Å². The molecule has 6 fully saturated rings. The Hall–Kier alpha value is -6.93. The summed E-state index contributed by atoms with van der Waals surface area (Å²) in [5, 5.41) is 29.2. The standard InChI is InChI=1S/C69H99F2N15O7S/c1-46(48-10-12-49(13-11-48)62-47(2)77-45-94-62)78-64(92)55-35-51(87)39-86(55)65(93)63(66(3,4)5)79-60(90)15-14-58(88)74-25-9-26-82-30-19-68(41-82)20-31-83(42-68)27-16-59(89)73-24-8-23-72-56-37-57(76-44-75-56)84-32-21-69(22-33-84)43-85(40-61(91)80-69)54-36-52(70)50(34-53(54)71)38-81-28-17-67(6,7)18-29-81/h10-13,34,36-37,44-46,51,55,63,87H,8-9,14-33,35,38-43H2,1-7H3,(H,73,89)(H,74,88)(H,78,92)(H,79,90)(H,80,91)(H,72,75,76)/t46-,51+,55-,63+,68+/m0/s1. The maximum Gasteiger partial charge on any atom is 0.246 e. The van der Waals surface area contributed by atoms with Crippen molar-refractivity contribution in [1.82, 2.24) is 61.1 Å². The van der Waals surface area contributed by atoms with E-state index < -0.39 is 52.6 Å². The number of hydrogen-bond donors (Lipinski definition) is 7. The number of anilines is 3. The van der Waals surface area contributed by atoms with E-state index in [4.69, 9.17) is 0 Å². The Kier molecular flexibility index (Phi) is 22.6. The van der Waals surface area contributed by atoms with E-state index in [-0.39, 0.29) is 78.5 Å². The first-order valence-electron chi connectivity index (χ1n) is 34.0. The largest absolute Gasteiger partial charge is 0.391 e. The van der Waals surface area contributed by atoms with Crippen molar-refractivity contribution in [3.63, 3.8) is 0 Å². The zero-order valence-electron chi connectivity index (χ0n) is 56.1. The fraction of sp³-hybridized carbons (Fsp3) is 0.638. The van der Waals surface area contributed by atoms with Crippen LogP contribution in [0.25, 0.3) is 10.4 Å². The third kappa shape index (κ3) is 18.1. The summed E-state index contributed by atoms with van der Waals surface area (Å²) in [6.07, 6.45) is 7.83. The van der Waals surface area contributed by atoms with E-state index in [1.165, 1.54) is 23.4 Å². The maximum atomic E-state index is 15.8. The molecule has 2 aromatic heterocycles. The topological polar surface area (TPSA) is 253 Å². The Bertz CT molecular complexity index is 3310. The summed E-state index contributed by atoms with van der Waals surface area (Å²) in [5.41, 5.74) is 4.27. The lowest BCUT2D eigenvalue weighted by Gasteiger charge is -2.48. The van der Waals surface area contributed by atoms with Gasteiger partial charge in [0.05, 0.1) is 46.0 Å². The van der Waals surface area contributed by atoms with E-state index >= 15 is 8.78 Å². The van der Waals surface area contributed by atoms with E-state index in [9.17, 15) is 33.9 Å². The number of halogens is 2. The lowest BCUT2D eigenvalue weighted by Crippen LogP contribution is -2.66. The van der Waals surface area contributed by atoms with Gasteiger partial charge in [-0.05, 0) is 131 Å². The van der Waals surface area contributed by atoms with Gasteiger partial charge in [0.2, 0.25) is 35.4 Å². The van der Waals surface area contributed by atoms with Crippen molar-refractivity contribution in [2.75, 3.05) is 120 Å². The van der Waals surface area contributed by atoms with Crippen molar-refractivity contribution in [3.8, 4) is 10.4 Å². The van der Waals surface area contributed by atoms with Crippen molar-refractivity contribution >= 4 is 64.1 Å². The quantitative estimate of drug-likeness (QED) is 0.0368. The molecular formula is C69H99F2N15O7S. The molecule has 512 valence electrons. The second-order valence-electron chi connectivity index (χ2n) is 29.3. The minimum atomic E-state index is -1.00. The molecule has 7 N–H and O–H groups in total. The van der Waals surface area contributed by atoms with Gasteiger partial charge in [-0.2, -0.15) is 0 Å². The number of aryl methyl sites for hydroxylation is 1. The van der Waals surface area contributed by atoms with Gasteiger partial charge in [0.15, 0.2) is 0 Å². The highest BCUT2D eigenvalue weighted by Gasteiger charge is 2.47. The molecule has 6 saturated heterocycles. The number of aromatic nitrogens is 3. The highest BCUT2D eigenvalue weighted by molar-refractivity contribution is 7.13. The van der Waals surface area contributed by atoms with Gasteiger partial charge in [-0.3, -0.25) is 33.7 Å². The molecule has 4 aromatic rings. The summed E-state index contributed by atoms with van der Waals surface area (Å²) < 4.78 is 31.3. The first-order chi connectivity index (χ1) is 44.8. The van der Waals surface area contributed by atoms with Crippen LogP contribution in [0, 0.1) is 34.8 Å². The second kappa shape index (κ2) is 30.4. The van der Waals surface area contributed by atoms with Crippen molar-refractivity contribution in [3.05, 3.63) is 82.8 Å². The van der Waals surface area contributed by atoms with Crippen LogP contribution in [0.3, 0.4) is 0 Å². The summed E-state index contributed by atoms with van der Waals surface area (Å²) in [7, 11) is 0. The average Bonchev–Trinajstić information content (AvgIpc) is 0.881. The molecule has 22 nitrogen and oxygen atoms in total. The predicted octanol–water partition coefficient (Wildman–Crippen LogP) is 6.15. The molecule has 94 heavy (non-hydrogen) atoms. The maximum absolute atomic E-state index is 15.8. The minimum Gasteiger partial charge on any atom is -0.391 e. The van der Waals surface area contributed by atoms with E-state index in [0.717, 1.165) is 105 Å². The number of aliphatic hydroxyl groups excluding tert-OH is 1. The van der Waals surface area contributed by atoms with Gasteiger partial charge in [-0.15, -0.1) is 11.3 Å². The lowest BCUT2D eigenvalue weighted by molar-refractivity contribution is -0.144. The average molecular weight is 1320 g/mol. The Morgan fingerprint density at radius 2 is 1.43 bits per heavy atom. The molecule has 6 amide bonds. The molecule has 0 unspecified atom stereocenters. The highest BCUT2D eigenvalue weighted by atomic mass is 32.1. The number of nitrogens with one attached hydrogen (secondary N) is 6. The number of hydrogen-bond acceptors (Lipinski definition) is 17. The summed E-state index contributed by atoms with van der Waals surface area (Å²) in [6, 6.07) is 10.1. The number of amides is 6. The number of likely N-dealkylation sites (tertiary alicyclic amines) is 4. The smallest absolute Gasteiger partial charge is 0.246 e. The Balaban J connectivity index is 0.570. The zero-order valence-corrected chi connectivity index (χ0v) is 56.9. The first-order valence-corrected chi connectivity index (χ1v) is 34.8. The minimum absolute atomic E-state index is 0.0236. The molecule has 0 radical (unpaired) electrons. The number of nitrogens with zero attached hydrogens (tertiary/aromatic N) is 9. The normalized spacial score (nSPS) is 22.3. The number of benzene rings is 2. The van der Waals surface area contributed by atoms with Crippen molar-refractivity contribution in [2.45, 2.75) is 162 Å². The Morgan fingerprint density at radius 3 is 2.12 bits per heavy atom. The molecule has 6 aliphatic heterocycles. The molecule has 25 heteroatoms. The molecule has 0 bridgehead atoms. The molecule has 2 aromatic carbocycles. The van der Waals surface area contributed by atoms with Gasteiger partial charge in [0, 0.05) is 115 Å². The van der Waals surface area contributed by atoms with Crippen molar-refractivity contribution < 1.29 is 42.7 Å². The van der Waals surface area contributed by atoms with Crippen molar-refractivity contribution in [2.24, 2.45) is 16.2 Å². The summed E-state index contributed by atoms with van der Waals surface area (Å²) >= 11 is 1.57. The Morgan fingerprint density at radius 1 is 0.755 bits per heavy atom. The van der Waals surface area contributed by atoms with Gasteiger partial charge < -0.3 is 61.5 Å². The fourth-order valence-electron chi connectivity index (χ4n) is 14.4. The molecule has 8 heterocycles. The van der Waals surface area contributed by atoms with Gasteiger partial charge in [-0.1, -0.05) is 58.9 Å². The van der Waals surface area contributed by atoms with E-state index in [1.54, 1.807) is 16.2 Å². The number of piperazine rings is 1. The van der Waals surface area contributed by atoms with E-state index in [1.807, 2.05) is 70.5 Å². The van der Waals surface area contributed by atoms with Crippen LogP contribution in [-0.4, -0.2) is 204 Å². The Labute approximate surface area is 556 Å². The number of rotatable bonds is 25. The summed E-state index contributed by atoms with van der Waals surface area (Å²) in [6.45, 7) is 24.4. The molecule has 6 aliphatic rings. The monoisotopic (exact) mass is 1320 g/mol. The third-order valence-electron chi connectivity index (χ3n) is 20.3. The second-order valence-corrected chi connectivity index (χ2v) is 30.1. The van der Waals surface area contributed by atoms with Gasteiger partial charge in [0.1, 0.15) is 41.7 Å². The van der Waals surface area contributed by atoms with Crippen LogP contribution in [-0.2, 0) is 35.3 Å². The molecular weight excluding hydrogens is 1220 g/mol. The summed E-state index contributed by atoms with van der Waals surface area (Å²) in [4.78, 5) is 107. The highest BCUT2D eigenvalue weighted by Crippen LogP contribution is 2.40. The fourth-order valence-corrected chi connectivity index (χ4v) is 15.3. The zero-order chi connectivity index (χ0) is 67.0. The van der Waals surface area contributed by atoms with E-state index in [0.29, 0.717) is 89.4 Å². The number of aliphatic hydroxyl groups is 1. The number of thiazole rings is 1. The molecule has 10 rings (SSSR count). The van der Waals surface area contributed by atoms with Gasteiger partial charge in [0.25, 0.3) is 0 Å². The van der Waals surface area contributed by atoms with Crippen LogP contribution in [0.4, 0.5) is 26.1 Å². The molecule has 5 atom stereocenters. The first kappa shape index (κ1) is 69.9. The number of β-amino-alcohol motifs (C(OH)–C–C–N with tert-alkyl or cyclic N) is 1. The van der Waals surface area contributed by atoms with Crippen LogP contribution in [0.2, 0.25) is 0 Å². The number of carbonyl (C=O) groups excluding carboxylic acids is 6. The summed E-state index contributed by atoms with van der Waals surface area (Å²) in [5.74, 6) is -1.27. The van der Waals surface area contributed by atoms with Crippen LogP contribution >= 0.6 is 11.3 Å². The molecule has 0 aliphatic carbocycles. The lowest BCUT2D eigenvalue weighted by atomic mass is 9.82. The van der Waals surface area contributed by atoms with E-state index in [2.05, 4.69) is 80.3 Å². The van der Waals surface area contributed by atoms with Crippen LogP contribution in [0.1, 0.15) is 141 Å². The molecule has 2 spiro atoms. The number of piperidine rings is 2.